The summed E-state index contributed by atoms with van der Waals surface area (Å²) in [5.41, 5.74) is 0.338. The number of benzene rings is 2. The van der Waals surface area contributed by atoms with Crippen molar-refractivity contribution in [2.24, 2.45) is 0 Å². The van der Waals surface area contributed by atoms with Crippen molar-refractivity contribution in [3.8, 4) is 11.5 Å². The molecule has 162 valence electrons. The minimum atomic E-state index is -3.96. The van der Waals surface area contributed by atoms with Crippen molar-refractivity contribution in [1.29, 1.82) is 0 Å². The lowest BCUT2D eigenvalue weighted by molar-refractivity contribution is -0.130. The molecule has 0 radical (unpaired) electrons. The van der Waals surface area contributed by atoms with Crippen molar-refractivity contribution in [2.45, 2.75) is 36.6 Å². The van der Waals surface area contributed by atoms with E-state index in [4.69, 9.17) is 9.47 Å². The fraction of sp³-hybridized carbons (Fsp3) is 0.409. The summed E-state index contributed by atoms with van der Waals surface area (Å²) in [5.74, 6) is 0.628. The minimum absolute atomic E-state index is 0.121. The summed E-state index contributed by atoms with van der Waals surface area (Å²) in [7, 11) is 0.782. The number of sulfonamides is 1. The Morgan fingerprint density at radius 3 is 2.23 bits per heavy atom. The number of amides is 1. The van der Waals surface area contributed by atoms with Crippen molar-refractivity contribution >= 4 is 21.6 Å². The van der Waals surface area contributed by atoms with Crippen LogP contribution in [0.4, 0.5) is 5.69 Å². The Balaban J connectivity index is 2.00. The molecule has 0 saturated heterocycles. The Kier molecular flexibility index (Phi) is 6.87. The van der Waals surface area contributed by atoms with Gasteiger partial charge >= 0.3 is 0 Å². The highest BCUT2D eigenvalue weighted by Crippen LogP contribution is 2.34. The van der Waals surface area contributed by atoms with Gasteiger partial charge in [0.05, 0.1) is 24.8 Å². The van der Waals surface area contributed by atoms with Gasteiger partial charge in [0.1, 0.15) is 6.54 Å². The average Bonchev–Trinajstić information content (AvgIpc) is 3.31. The number of rotatable bonds is 8. The van der Waals surface area contributed by atoms with E-state index in [9.17, 15) is 13.2 Å². The lowest BCUT2D eigenvalue weighted by atomic mass is 10.2. The Morgan fingerprint density at radius 1 is 1.00 bits per heavy atom. The van der Waals surface area contributed by atoms with Gasteiger partial charge in [0.25, 0.3) is 10.0 Å². The van der Waals surface area contributed by atoms with Gasteiger partial charge in [-0.05, 0) is 37.1 Å². The summed E-state index contributed by atoms with van der Waals surface area (Å²) in [4.78, 5) is 14.8. The standard InChI is InChI=1S/C22H28N2O5S/c1-23(17-9-7-8-10-17)22(25)16-24(30(26,27)19-11-5-4-6-12-19)18-13-14-20(28-2)21(15-18)29-3/h4-6,11-15,17H,7-10,16H2,1-3H3. The van der Waals surface area contributed by atoms with Crippen LogP contribution in [-0.4, -0.2) is 53.1 Å². The first-order valence-corrected chi connectivity index (χ1v) is 11.4. The minimum Gasteiger partial charge on any atom is -0.493 e. The molecule has 3 rings (SSSR count). The fourth-order valence-corrected chi connectivity index (χ4v) is 5.17. The number of methoxy groups -OCH3 is 2. The van der Waals surface area contributed by atoms with Crippen LogP contribution in [0.5, 0.6) is 11.5 Å². The van der Waals surface area contributed by atoms with E-state index in [1.54, 1.807) is 48.3 Å². The molecule has 2 aromatic rings. The largest absolute Gasteiger partial charge is 0.493 e. The molecule has 8 heteroatoms. The zero-order chi connectivity index (χ0) is 21.7. The van der Waals surface area contributed by atoms with Crippen molar-refractivity contribution in [3.05, 3.63) is 48.5 Å². The first-order valence-electron chi connectivity index (χ1n) is 9.94. The number of likely N-dealkylation sites (N-methyl/N-ethyl adjacent to an activating group) is 1. The molecule has 1 aliphatic carbocycles. The highest BCUT2D eigenvalue weighted by molar-refractivity contribution is 7.92. The summed E-state index contributed by atoms with van der Waals surface area (Å²) in [5, 5.41) is 0. The van der Waals surface area contributed by atoms with E-state index in [-0.39, 0.29) is 23.4 Å². The van der Waals surface area contributed by atoms with Crippen LogP contribution < -0.4 is 13.8 Å². The van der Waals surface area contributed by atoms with Crippen molar-refractivity contribution in [3.63, 3.8) is 0 Å². The molecule has 0 spiro atoms. The molecule has 2 aromatic carbocycles. The molecule has 0 N–H and O–H groups in total. The van der Waals surface area contributed by atoms with Crippen molar-refractivity contribution in [1.82, 2.24) is 4.90 Å². The molecule has 1 aliphatic rings. The van der Waals surface area contributed by atoms with Crippen LogP contribution in [0.15, 0.2) is 53.4 Å². The van der Waals surface area contributed by atoms with Crippen LogP contribution in [0.2, 0.25) is 0 Å². The molecule has 1 fully saturated rings. The van der Waals surface area contributed by atoms with Gasteiger partial charge in [-0.1, -0.05) is 31.0 Å². The SMILES string of the molecule is COc1ccc(N(CC(=O)N(C)C2CCCC2)S(=O)(=O)c2ccccc2)cc1OC. The molecule has 30 heavy (non-hydrogen) atoms. The van der Waals surface area contributed by atoms with Crippen molar-refractivity contribution < 1.29 is 22.7 Å². The van der Waals surface area contributed by atoms with Gasteiger partial charge in [-0.2, -0.15) is 0 Å². The first-order chi connectivity index (χ1) is 14.4. The third-order valence-corrected chi connectivity index (χ3v) is 7.32. The molecule has 0 unspecified atom stereocenters. The Morgan fingerprint density at radius 2 is 1.63 bits per heavy atom. The maximum Gasteiger partial charge on any atom is 0.264 e. The van der Waals surface area contributed by atoms with Gasteiger partial charge in [0.2, 0.25) is 5.91 Å². The van der Waals surface area contributed by atoms with Crippen molar-refractivity contribution in [2.75, 3.05) is 32.1 Å². The van der Waals surface area contributed by atoms with Crippen LogP contribution in [-0.2, 0) is 14.8 Å². The van der Waals surface area contributed by atoms with E-state index in [0.717, 1.165) is 30.0 Å². The summed E-state index contributed by atoms with van der Waals surface area (Å²) < 4.78 is 38.6. The predicted octanol–water partition coefficient (Wildman–Crippen LogP) is 3.30. The number of ether oxygens (including phenoxy) is 2. The van der Waals surface area contributed by atoms with Gasteiger partial charge in [-0.3, -0.25) is 9.10 Å². The van der Waals surface area contributed by atoms with Gasteiger partial charge in [0.15, 0.2) is 11.5 Å². The van der Waals surface area contributed by atoms with E-state index < -0.39 is 10.0 Å². The van der Waals surface area contributed by atoms with Gasteiger partial charge < -0.3 is 14.4 Å². The number of hydrogen-bond donors (Lipinski definition) is 0. The number of carbonyl (C=O) groups excluding carboxylic acids is 1. The molecule has 0 aliphatic heterocycles. The molecule has 0 heterocycles. The molecular formula is C22H28N2O5S. The second-order valence-corrected chi connectivity index (χ2v) is 9.17. The van der Waals surface area contributed by atoms with Gasteiger partial charge in [-0.15, -0.1) is 0 Å². The van der Waals surface area contributed by atoms with Gasteiger partial charge in [-0.25, -0.2) is 8.42 Å². The third-order valence-electron chi connectivity index (χ3n) is 5.53. The topological polar surface area (TPSA) is 76.2 Å². The maximum atomic E-state index is 13.4. The van der Waals surface area contributed by atoms with E-state index in [1.165, 1.54) is 26.4 Å². The summed E-state index contributed by atoms with van der Waals surface area (Å²) in [6.07, 6.45) is 4.07. The van der Waals surface area contributed by atoms with E-state index in [0.29, 0.717) is 17.2 Å². The zero-order valence-corrected chi connectivity index (χ0v) is 18.4. The first kappa shape index (κ1) is 22.0. The van der Waals surface area contributed by atoms with E-state index in [2.05, 4.69) is 0 Å². The summed E-state index contributed by atoms with van der Waals surface area (Å²) in [6.45, 7) is -0.292. The maximum absolute atomic E-state index is 13.4. The average molecular weight is 433 g/mol. The quantitative estimate of drug-likeness (QED) is 0.640. The normalized spacial score (nSPS) is 14.4. The zero-order valence-electron chi connectivity index (χ0n) is 17.6. The number of anilines is 1. The molecule has 1 amide bonds. The lowest BCUT2D eigenvalue weighted by Gasteiger charge is -2.29. The second-order valence-electron chi connectivity index (χ2n) is 7.31. The number of hydrogen-bond acceptors (Lipinski definition) is 5. The molecule has 0 aromatic heterocycles. The Hall–Kier alpha value is -2.74. The highest BCUT2D eigenvalue weighted by Gasteiger charge is 2.31. The van der Waals surface area contributed by atoms with Crippen LogP contribution in [0, 0.1) is 0 Å². The molecule has 0 atom stereocenters. The van der Waals surface area contributed by atoms with Crippen LogP contribution in [0.25, 0.3) is 0 Å². The number of carbonyl (C=O) groups is 1. The van der Waals surface area contributed by atoms with Crippen LogP contribution in [0.1, 0.15) is 25.7 Å². The highest BCUT2D eigenvalue weighted by atomic mass is 32.2. The van der Waals surface area contributed by atoms with E-state index in [1.807, 2.05) is 0 Å². The second kappa shape index (κ2) is 9.38. The molecule has 7 nitrogen and oxygen atoms in total. The summed E-state index contributed by atoms with van der Waals surface area (Å²) in [6, 6.07) is 13.1. The third kappa shape index (κ3) is 4.53. The smallest absolute Gasteiger partial charge is 0.264 e. The Bertz CT molecular complexity index is 972. The van der Waals surface area contributed by atoms with Gasteiger partial charge in [0, 0.05) is 19.2 Å². The Labute approximate surface area is 178 Å². The molecular weight excluding hydrogens is 404 g/mol. The van der Waals surface area contributed by atoms with E-state index >= 15 is 0 Å². The molecule has 0 bridgehead atoms. The monoisotopic (exact) mass is 432 g/mol. The lowest BCUT2D eigenvalue weighted by Crippen LogP contribution is -2.44. The fourth-order valence-electron chi connectivity index (χ4n) is 3.74. The summed E-state index contributed by atoms with van der Waals surface area (Å²) >= 11 is 0. The predicted molar refractivity (Wildman–Crippen MR) is 116 cm³/mol. The number of nitrogens with zero attached hydrogens (tertiary/aromatic N) is 2. The van der Waals surface area contributed by atoms with Crippen LogP contribution >= 0.6 is 0 Å². The van der Waals surface area contributed by atoms with Crippen LogP contribution in [0.3, 0.4) is 0 Å². The molecule has 1 saturated carbocycles.